The fourth-order valence-corrected chi connectivity index (χ4v) is 4.19. The number of rotatable bonds is 5. The molecule has 21 heavy (non-hydrogen) atoms. The van der Waals surface area contributed by atoms with Gasteiger partial charge in [-0.15, -0.1) is 0 Å². The molecule has 1 aliphatic heterocycles. The molecule has 0 fully saturated rings. The molecule has 2 atom stereocenters. The summed E-state index contributed by atoms with van der Waals surface area (Å²) in [5.74, 6) is -2.63. The number of carboxylic acids is 1. The summed E-state index contributed by atoms with van der Waals surface area (Å²) in [4.78, 5) is 22.3. The van der Waals surface area contributed by atoms with Gasteiger partial charge in [-0.1, -0.05) is 11.6 Å². The van der Waals surface area contributed by atoms with Gasteiger partial charge in [0.25, 0.3) is 0 Å². The van der Waals surface area contributed by atoms with Crippen LogP contribution < -0.4 is 11.5 Å². The predicted octanol–water partition coefficient (Wildman–Crippen LogP) is -1.07. The van der Waals surface area contributed by atoms with Gasteiger partial charge in [0.15, 0.2) is 15.7 Å². The Labute approximate surface area is 120 Å². The number of carbonyl (C=O) groups is 1. The number of sulfone groups is 1. The normalized spacial score (nSPS) is 20.5. The molecule has 1 aromatic rings. The summed E-state index contributed by atoms with van der Waals surface area (Å²) in [5, 5.41) is 12.3. The molecule has 0 radical (unpaired) electrons. The minimum absolute atomic E-state index is 0.345. The number of hydrogen-bond donors (Lipinski definition) is 2. The summed E-state index contributed by atoms with van der Waals surface area (Å²) >= 11 is 0. The van der Waals surface area contributed by atoms with Crippen molar-refractivity contribution in [3.05, 3.63) is 16.4 Å². The molecule has 118 valence electrons. The van der Waals surface area contributed by atoms with Gasteiger partial charge in [0.05, 0.1) is 17.5 Å². The van der Waals surface area contributed by atoms with Crippen LogP contribution in [0.15, 0.2) is 9.32 Å². The summed E-state index contributed by atoms with van der Waals surface area (Å²) in [7, 11) is -3.71. The number of carboxylic acid groups (broad SMARTS) is 1. The van der Waals surface area contributed by atoms with Crippen molar-refractivity contribution < 1.29 is 22.8 Å². The molecule has 0 aromatic carbocycles. The molecule has 2 rings (SSSR count). The smallest absolute Gasteiger partial charge is 0.441 e. The lowest BCUT2D eigenvalue weighted by molar-refractivity contribution is -0.137. The Hall–Kier alpha value is -1.68. The minimum Gasteiger partial charge on any atom is -0.480 e. The Kier molecular flexibility index (Phi) is 4.47. The second-order valence-corrected chi connectivity index (χ2v) is 7.31. The van der Waals surface area contributed by atoms with Gasteiger partial charge in [-0.05, 0) is 12.8 Å². The van der Waals surface area contributed by atoms with Crippen LogP contribution >= 0.6 is 0 Å². The first-order valence-electron chi connectivity index (χ1n) is 6.56. The van der Waals surface area contributed by atoms with Crippen molar-refractivity contribution in [2.75, 3.05) is 11.5 Å². The van der Waals surface area contributed by atoms with Gasteiger partial charge < -0.3 is 10.8 Å². The van der Waals surface area contributed by atoms with E-state index in [0.717, 1.165) is 12.8 Å². The topological polar surface area (TPSA) is 145 Å². The first-order valence-corrected chi connectivity index (χ1v) is 8.38. The fraction of sp³-hybridized carbons (Fsp3) is 0.727. The largest absolute Gasteiger partial charge is 0.480 e. The number of fused-ring (bicyclic) bond motifs is 1. The highest BCUT2D eigenvalue weighted by molar-refractivity contribution is 7.91. The second-order valence-electron chi connectivity index (χ2n) is 5.16. The van der Waals surface area contributed by atoms with Gasteiger partial charge in [0.1, 0.15) is 6.04 Å². The Bertz CT molecular complexity index is 676. The molecule has 0 saturated heterocycles. The van der Waals surface area contributed by atoms with Gasteiger partial charge in [-0.25, -0.2) is 13.2 Å². The molecule has 0 amide bonds. The van der Waals surface area contributed by atoms with E-state index in [2.05, 4.69) is 9.68 Å². The molecular formula is C11H17N3O6S. The van der Waals surface area contributed by atoms with Crippen molar-refractivity contribution in [3.63, 3.8) is 0 Å². The summed E-state index contributed by atoms with van der Waals surface area (Å²) in [6.07, 6.45) is 2.59. The Morgan fingerprint density at radius 2 is 2.24 bits per heavy atom. The molecule has 0 bridgehead atoms. The molecule has 1 aliphatic rings. The van der Waals surface area contributed by atoms with Crippen LogP contribution in [0, 0.1) is 0 Å². The van der Waals surface area contributed by atoms with E-state index < -0.39 is 39.4 Å². The van der Waals surface area contributed by atoms with Gasteiger partial charge >= 0.3 is 11.7 Å². The molecule has 10 heteroatoms. The molecule has 2 unspecified atom stereocenters. The first-order chi connectivity index (χ1) is 9.80. The van der Waals surface area contributed by atoms with Crippen molar-refractivity contribution in [1.82, 2.24) is 9.72 Å². The third-order valence-corrected chi connectivity index (χ3v) is 5.21. The SMILES string of the molecule is NC(CS(=O)(=O)CC1CCCCc2noc(=O)n21)C(=O)O. The van der Waals surface area contributed by atoms with Crippen molar-refractivity contribution in [3.8, 4) is 0 Å². The van der Waals surface area contributed by atoms with E-state index in [1.165, 1.54) is 4.57 Å². The molecule has 2 heterocycles. The van der Waals surface area contributed by atoms with Crippen LogP contribution in [0.25, 0.3) is 0 Å². The van der Waals surface area contributed by atoms with Crippen molar-refractivity contribution in [2.45, 2.75) is 37.8 Å². The van der Waals surface area contributed by atoms with Crippen LogP contribution in [-0.2, 0) is 21.1 Å². The lowest BCUT2D eigenvalue weighted by Gasteiger charge is -2.17. The quantitative estimate of drug-likeness (QED) is 0.697. The number of aliphatic carboxylic acids is 1. The standard InChI is InChI=1S/C11H17N3O6S/c12-8(10(15)16)6-21(18,19)5-7-3-1-2-4-9-13-20-11(17)14(7)9/h7-8H,1-6,12H2,(H,15,16). The second kappa shape index (κ2) is 5.98. The number of nitrogens with two attached hydrogens (primary N) is 1. The van der Waals surface area contributed by atoms with Crippen molar-refractivity contribution in [2.24, 2.45) is 5.73 Å². The molecular weight excluding hydrogens is 302 g/mol. The highest BCUT2D eigenvalue weighted by atomic mass is 32.2. The zero-order chi connectivity index (χ0) is 15.6. The van der Waals surface area contributed by atoms with Crippen LogP contribution in [0.1, 0.15) is 31.1 Å². The van der Waals surface area contributed by atoms with Gasteiger partial charge in [0.2, 0.25) is 0 Å². The van der Waals surface area contributed by atoms with Gasteiger partial charge in [-0.2, -0.15) is 0 Å². The van der Waals surface area contributed by atoms with E-state index in [1.54, 1.807) is 0 Å². The molecule has 0 spiro atoms. The van der Waals surface area contributed by atoms with Crippen LogP contribution in [0.3, 0.4) is 0 Å². The van der Waals surface area contributed by atoms with E-state index in [1.807, 2.05) is 0 Å². The zero-order valence-corrected chi connectivity index (χ0v) is 12.1. The maximum Gasteiger partial charge on any atom is 0.441 e. The van der Waals surface area contributed by atoms with E-state index >= 15 is 0 Å². The zero-order valence-electron chi connectivity index (χ0n) is 11.3. The highest BCUT2D eigenvalue weighted by Crippen LogP contribution is 2.23. The molecule has 3 N–H and O–H groups in total. The van der Waals surface area contributed by atoms with Crippen molar-refractivity contribution >= 4 is 15.8 Å². The lowest BCUT2D eigenvalue weighted by atomic mass is 10.1. The maximum atomic E-state index is 12.1. The van der Waals surface area contributed by atoms with Gasteiger partial charge in [-0.3, -0.25) is 13.9 Å². The summed E-state index contributed by atoms with van der Waals surface area (Å²) < 4.78 is 30.0. The highest BCUT2D eigenvalue weighted by Gasteiger charge is 2.30. The third-order valence-electron chi connectivity index (χ3n) is 3.45. The molecule has 1 aromatic heterocycles. The minimum atomic E-state index is -3.71. The Morgan fingerprint density at radius 1 is 1.52 bits per heavy atom. The Morgan fingerprint density at radius 3 is 2.90 bits per heavy atom. The summed E-state index contributed by atoms with van der Waals surface area (Å²) in [5.41, 5.74) is 5.27. The fourth-order valence-electron chi connectivity index (χ4n) is 2.47. The Balaban J connectivity index is 2.21. The summed E-state index contributed by atoms with van der Waals surface area (Å²) in [6, 6.07) is -2.06. The van der Waals surface area contributed by atoms with Crippen LogP contribution in [-0.4, -0.2) is 46.8 Å². The lowest BCUT2D eigenvalue weighted by Crippen LogP contribution is -2.39. The number of hydrogen-bond acceptors (Lipinski definition) is 7. The van der Waals surface area contributed by atoms with Gasteiger partial charge in [0, 0.05) is 6.42 Å². The maximum absolute atomic E-state index is 12.1. The number of nitrogens with zero attached hydrogens (tertiary/aromatic N) is 2. The van der Waals surface area contributed by atoms with E-state index in [-0.39, 0.29) is 5.75 Å². The van der Waals surface area contributed by atoms with Crippen LogP contribution in [0.5, 0.6) is 0 Å². The van der Waals surface area contributed by atoms with E-state index in [0.29, 0.717) is 18.7 Å². The average molecular weight is 319 g/mol. The average Bonchev–Trinajstić information content (AvgIpc) is 2.62. The van der Waals surface area contributed by atoms with Crippen molar-refractivity contribution in [1.29, 1.82) is 0 Å². The summed E-state index contributed by atoms with van der Waals surface area (Å²) in [6.45, 7) is 0. The third kappa shape index (κ3) is 3.70. The molecule has 0 saturated carbocycles. The van der Waals surface area contributed by atoms with Crippen LogP contribution in [0.2, 0.25) is 0 Å². The molecule has 0 aliphatic carbocycles. The van der Waals surface area contributed by atoms with E-state index in [4.69, 9.17) is 10.8 Å². The predicted molar refractivity (Wildman–Crippen MR) is 71.6 cm³/mol. The van der Waals surface area contributed by atoms with E-state index in [9.17, 15) is 18.0 Å². The van der Waals surface area contributed by atoms with Crippen LogP contribution in [0.4, 0.5) is 0 Å². The number of aromatic nitrogens is 2. The molecule has 9 nitrogen and oxygen atoms in total. The number of aryl methyl sites for hydroxylation is 1. The first kappa shape index (κ1) is 15.7. The monoisotopic (exact) mass is 319 g/mol.